The van der Waals surface area contributed by atoms with Crippen molar-refractivity contribution in [3.63, 3.8) is 0 Å². The van der Waals surface area contributed by atoms with E-state index in [1.165, 1.54) is 0 Å². The van der Waals surface area contributed by atoms with Gasteiger partial charge in [0, 0.05) is 25.0 Å². The number of nitrogens with one attached hydrogen (secondary N) is 1. The highest BCUT2D eigenvalue weighted by atomic mass is 16.2. The first kappa shape index (κ1) is 17.9. The second-order valence-corrected chi connectivity index (χ2v) is 6.55. The Morgan fingerprint density at radius 1 is 1.07 bits per heavy atom. The van der Waals surface area contributed by atoms with Crippen LogP contribution in [-0.4, -0.2) is 31.8 Å². The van der Waals surface area contributed by atoms with Gasteiger partial charge in [-0.2, -0.15) is 5.10 Å². The van der Waals surface area contributed by atoms with Crippen molar-refractivity contribution < 1.29 is 4.79 Å². The third kappa shape index (κ3) is 3.26. The molecule has 28 heavy (non-hydrogen) atoms. The summed E-state index contributed by atoms with van der Waals surface area (Å²) in [6.07, 6.45) is 2.53. The number of benzene rings is 2. The highest BCUT2D eigenvalue weighted by molar-refractivity contribution is 5.95. The molecule has 4 aromatic rings. The lowest BCUT2D eigenvalue weighted by Crippen LogP contribution is -2.33. The van der Waals surface area contributed by atoms with Gasteiger partial charge in [0.2, 0.25) is 5.43 Å². The lowest BCUT2D eigenvalue weighted by atomic mass is 10.2. The number of para-hydroxylation sites is 3. The number of hydrogen-bond acceptors (Lipinski definition) is 4. The average Bonchev–Trinajstić information content (AvgIpc) is 3.15. The van der Waals surface area contributed by atoms with Crippen LogP contribution in [0.25, 0.3) is 21.9 Å². The largest absolute Gasteiger partial charge is 0.350 e. The van der Waals surface area contributed by atoms with E-state index in [0.29, 0.717) is 18.5 Å². The number of hydrogen-bond donors (Lipinski definition) is 1. The van der Waals surface area contributed by atoms with Crippen molar-refractivity contribution in [2.45, 2.75) is 26.4 Å². The summed E-state index contributed by atoms with van der Waals surface area (Å²) in [6, 6.07) is 15.1. The first-order chi connectivity index (χ1) is 13.7. The molecule has 142 valence electrons. The Kier molecular flexibility index (Phi) is 4.89. The van der Waals surface area contributed by atoms with E-state index in [4.69, 9.17) is 0 Å². The zero-order chi connectivity index (χ0) is 19.5. The topological polar surface area (TPSA) is 81.8 Å². The van der Waals surface area contributed by atoms with Crippen LogP contribution < -0.4 is 10.7 Å². The van der Waals surface area contributed by atoms with Gasteiger partial charge in [0.25, 0.3) is 5.91 Å². The number of rotatable bonds is 6. The molecule has 7 nitrogen and oxygen atoms in total. The van der Waals surface area contributed by atoms with Gasteiger partial charge in [-0.15, -0.1) is 0 Å². The molecule has 0 aliphatic rings. The molecule has 0 saturated carbocycles. The summed E-state index contributed by atoms with van der Waals surface area (Å²) in [5.74, 6) is -0.437. The molecule has 2 aromatic carbocycles. The molecular weight excluding hydrogens is 354 g/mol. The van der Waals surface area contributed by atoms with Gasteiger partial charge in [0.05, 0.1) is 22.9 Å². The molecule has 1 amide bonds. The van der Waals surface area contributed by atoms with Crippen LogP contribution in [0.1, 0.15) is 23.8 Å². The highest BCUT2D eigenvalue weighted by Crippen LogP contribution is 2.12. The normalized spacial score (nSPS) is 11.2. The minimum absolute atomic E-state index is 0.0615. The number of imidazole rings is 1. The minimum atomic E-state index is -0.437. The molecular formula is C21H21N5O2. The Labute approximate surface area is 161 Å². The zero-order valence-electron chi connectivity index (χ0n) is 15.6. The van der Waals surface area contributed by atoms with Crippen molar-refractivity contribution in [1.82, 2.24) is 24.6 Å². The van der Waals surface area contributed by atoms with Crippen molar-refractivity contribution >= 4 is 27.8 Å². The predicted molar refractivity (Wildman–Crippen MR) is 108 cm³/mol. The maximum atomic E-state index is 12.7. The van der Waals surface area contributed by atoms with Crippen LogP contribution in [0.2, 0.25) is 0 Å². The number of aromatic nitrogens is 4. The van der Waals surface area contributed by atoms with Crippen molar-refractivity contribution in [1.29, 1.82) is 0 Å². The molecule has 0 saturated heterocycles. The van der Waals surface area contributed by atoms with E-state index in [1.807, 2.05) is 43.3 Å². The van der Waals surface area contributed by atoms with Crippen LogP contribution in [0.3, 0.4) is 0 Å². The minimum Gasteiger partial charge on any atom is -0.350 e. The van der Waals surface area contributed by atoms with Gasteiger partial charge in [-0.25, -0.2) is 4.98 Å². The van der Waals surface area contributed by atoms with E-state index in [1.54, 1.807) is 23.1 Å². The number of nitrogens with zero attached hydrogens (tertiary/aromatic N) is 4. The van der Waals surface area contributed by atoms with Crippen LogP contribution in [0.4, 0.5) is 0 Å². The van der Waals surface area contributed by atoms with Crippen molar-refractivity contribution in [3.8, 4) is 0 Å². The monoisotopic (exact) mass is 375 g/mol. The standard InChI is InChI=1S/C21H21N5O2/c1-2-26-17-10-5-3-8-15(17)20(27)19(24-26)21(28)22-12-7-13-25-14-23-16-9-4-6-11-18(16)25/h3-6,8-11,14H,2,7,12-13H2,1H3,(H,22,28). The first-order valence-corrected chi connectivity index (χ1v) is 9.37. The predicted octanol–water partition coefficient (Wildman–Crippen LogP) is 2.59. The molecule has 0 radical (unpaired) electrons. The van der Waals surface area contributed by atoms with Gasteiger partial charge in [0.1, 0.15) is 0 Å². The summed E-state index contributed by atoms with van der Waals surface area (Å²) >= 11 is 0. The Hall–Kier alpha value is -3.48. The van der Waals surface area contributed by atoms with Gasteiger partial charge in [0.15, 0.2) is 5.69 Å². The average molecular weight is 375 g/mol. The van der Waals surface area contributed by atoms with Crippen LogP contribution in [0.5, 0.6) is 0 Å². The van der Waals surface area contributed by atoms with E-state index >= 15 is 0 Å². The summed E-state index contributed by atoms with van der Waals surface area (Å²) in [6.45, 7) is 3.69. The molecule has 2 heterocycles. The number of amides is 1. The second-order valence-electron chi connectivity index (χ2n) is 6.55. The zero-order valence-corrected chi connectivity index (χ0v) is 15.6. The molecule has 2 aromatic heterocycles. The van der Waals surface area contributed by atoms with Crippen molar-refractivity contribution in [2.24, 2.45) is 0 Å². The van der Waals surface area contributed by atoms with Gasteiger partial charge in [-0.05, 0) is 37.6 Å². The van der Waals surface area contributed by atoms with E-state index < -0.39 is 5.91 Å². The van der Waals surface area contributed by atoms with Gasteiger partial charge in [-0.3, -0.25) is 14.3 Å². The lowest BCUT2D eigenvalue weighted by molar-refractivity contribution is 0.0944. The number of fused-ring (bicyclic) bond motifs is 2. The van der Waals surface area contributed by atoms with Crippen molar-refractivity contribution in [3.05, 3.63) is 70.8 Å². The van der Waals surface area contributed by atoms with E-state index in [9.17, 15) is 9.59 Å². The fraction of sp³-hybridized carbons (Fsp3) is 0.238. The molecule has 0 fully saturated rings. The van der Waals surface area contributed by atoms with Crippen molar-refractivity contribution in [2.75, 3.05) is 6.54 Å². The summed E-state index contributed by atoms with van der Waals surface area (Å²) in [4.78, 5) is 29.6. The number of carbonyl (C=O) groups excluding carboxylic acids is 1. The molecule has 0 aliphatic carbocycles. The van der Waals surface area contributed by atoms with E-state index in [-0.39, 0.29) is 11.1 Å². The van der Waals surface area contributed by atoms with E-state index in [2.05, 4.69) is 20.0 Å². The Morgan fingerprint density at radius 3 is 2.64 bits per heavy atom. The molecule has 0 aliphatic heterocycles. The van der Waals surface area contributed by atoms with E-state index in [0.717, 1.165) is 29.5 Å². The summed E-state index contributed by atoms with van der Waals surface area (Å²) in [7, 11) is 0. The molecule has 0 atom stereocenters. The Balaban J connectivity index is 1.45. The molecule has 7 heteroatoms. The fourth-order valence-electron chi connectivity index (χ4n) is 3.35. The van der Waals surface area contributed by atoms with Crippen LogP contribution in [0, 0.1) is 0 Å². The molecule has 0 unspecified atom stereocenters. The fourth-order valence-corrected chi connectivity index (χ4v) is 3.35. The summed E-state index contributed by atoms with van der Waals surface area (Å²) < 4.78 is 3.74. The quantitative estimate of drug-likeness (QED) is 0.525. The lowest BCUT2D eigenvalue weighted by Gasteiger charge is -2.10. The van der Waals surface area contributed by atoms with Crippen LogP contribution in [-0.2, 0) is 13.1 Å². The van der Waals surface area contributed by atoms with Gasteiger partial charge < -0.3 is 9.88 Å². The number of carbonyl (C=O) groups is 1. The Morgan fingerprint density at radius 2 is 1.82 bits per heavy atom. The summed E-state index contributed by atoms with van der Waals surface area (Å²) in [5.41, 5.74) is 2.36. The number of aryl methyl sites for hydroxylation is 2. The molecule has 0 bridgehead atoms. The van der Waals surface area contributed by atoms with Crippen LogP contribution in [0.15, 0.2) is 59.7 Å². The third-order valence-electron chi connectivity index (χ3n) is 4.77. The van der Waals surface area contributed by atoms with Gasteiger partial charge in [-0.1, -0.05) is 24.3 Å². The maximum absolute atomic E-state index is 12.7. The third-order valence-corrected chi connectivity index (χ3v) is 4.77. The van der Waals surface area contributed by atoms with Crippen LogP contribution >= 0.6 is 0 Å². The SMILES string of the molecule is CCn1nc(C(=O)NCCCn2cnc3ccccc32)c(=O)c2ccccc21. The second kappa shape index (κ2) is 7.64. The molecule has 4 rings (SSSR count). The highest BCUT2D eigenvalue weighted by Gasteiger charge is 2.16. The maximum Gasteiger partial charge on any atom is 0.275 e. The van der Waals surface area contributed by atoms with Gasteiger partial charge >= 0.3 is 0 Å². The Bertz CT molecular complexity index is 1210. The molecule has 0 spiro atoms. The first-order valence-electron chi connectivity index (χ1n) is 9.37. The smallest absolute Gasteiger partial charge is 0.275 e. The molecule has 1 N–H and O–H groups in total. The summed E-state index contributed by atoms with van der Waals surface area (Å²) in [5, 5.41) is 7.59.